The Hall–Kier alpha value is -0.990. The molecule has 0 bridgehead atoms. The summed E-state index contributed by atoms with van der Waals surface area (Å²) >= 11 is 0. The van der Waals surface area contributed by atoms with E-state index in [0.29, 0.717) is 6.42 Å². The van der Waals surface area contributed by atoms with E-state index < -0.39 is 26.5 Å². The van der Waals surface area contributed by atoms with Crippen molar-refractivity contribution in [3.63, 3.8) is 0 Å². The summed E-state index contributed by atoms with van der Waals surface area (Å²) in [6, 6.07) is 0. The van der Waals surface area contributed by atoms with Gasteiger partial charge in [-0.2, -0.15) is 0 Å². The molecule has 0 aromatic carbocycles. The number of esters is 2. The number of ether oxygens (including phenoxy) is 2. The molecule has 0 spiro atoms. The van der Waals surface area contributed by atoms with Crippen molar-refractivity contribution in [3.8, 4) is 0 Å². The summed E-state index contributed by atoms with van der Waals surface area (Å²) in [5.74, 6) is -0.841. The maximum absolute atomic E-state index is 12.5. The third-order valence-corrected chi connectivity index (χ3v) is 9.46. The first-order valence-electron chi connectivity index (χ1n) is 20.0. The Morgan fingerprint density at radius 3 is 1.38 bits per heavy atom. The van der Waals surface area contributed by atoms with Gasteiger partial charge in [-0.25, -0.2) is 4.57 Å². The summed E-state index contributed by atoms with van der Waals surface area (Å²) in [7, 11) is -4.42. The fourth-order valence-corrected chi connectivity index (χ4v) is 6.32. The average molecular weight is 693 g/mol. The minimum Gasteiger partial charge on any atom is -0.462 e. The normalized spacial score (nSPS) is 13.6. The highest BCUT2D eigenvalue weighted by Gasteiger charge is 2.26. The highest BCUT2D eigenvalue weighted by molar-refractivity contribution is 7.47. The molecule has 9 nitrogen and oxygen atoms in total. The van der Waals surface area contributed by atoms with Crippen molar-refractivity contribution < 1.29 is 39.0 Å². The van der Waals surface area contributed by atoms with Gasteiger partial charge >= 0.3 is 19.8 Å². The van der Waals surface area contributed by atoms with Crippen molar-refractivity contribution in [2.24, 2.45) is 5.73 Å². The van der Waals surface area contributed by atoms with Crippen LogP contribution in [0.2, 0.25) is 1.41 Å². The molecule has 0 rings (SSSR count). The van der Waals surface area contributed by atoms with Crippen LogP contribution in [0.4, 0.5) is 0 Å². The Balaban J connectivity index is 4.24. The van der Waals surface area contributed by atoms with E-state index in [9.17, 15) is 19.0 Å². The number of hydrogen-bond acceptors (Lipinski definition) is 8. The second-order valence-corrected chi connectivity index (χ2v) is 14.6. The molecule has 10 heteroatoms. The Morgan fingerprint density at radius 2 is 0.979 bits per heavy atom. The van der Waals surface area contributed by atoms with E-state index in [0.717, 1.165) is 38.5 Å². The molecular weight excluding hydrogens is 617 g/mol. The highest BCUT2D eigenvalue weighted by Crippen LogP contribution is 2.43. The molecule has 0 amide bonds. The van der Waals surface area contributed by atoms with Gasteiger partial charge in [-0.1, -0.05) is 168 Å². The number of carbonyl (C=O) groups is 2. The second-order valence-electron chi connectivity index (χ2n) is 13.1. The quantitative estimate of drug-likeness (QED) is 0.0368. The zero-order valence-corrected chi connectivity index (χ0v) is 31.4. The van der Waals surface area contributed by atoms with Crippen LogP contribution in [0.3, 0.4) is 0 Å². The lowest BCUT2D eigenvalue weighted by Gasteiger charge is -2.19. The first-order valence-corrected chi connectivity index (χ1v) is 21.0. The summed E-state index contributed by atoms with van der Waals surface area (Å²) in [5, 5.41) is 0. The lowest BCUT2D eigenvalue weighted by molar-refractivity contribution is -0.161. The number of phosphoric ester groups is 1. The molecule has 280 valence electrons. The topological polar surface area (TPSA) is 134 Å². The van der Waals surface area contributed by atoms with E-state index in [1.165, 1.54) is 122 Å². The smallest absolute Gasteiger partial charge is 0.462 e. The third-order valence-electron chi connectivity index (χ3n) is 8.48. The SMILES string of the molecule is [2H]NCCOP(=O)(O)OC[C@@H](COC(=O)CCCCCCCCCCCCCCC)OC(=O)CCCCCCCCCCCCCCC. The van der Waals surface area contributed by atoms with Crippen LogP contribution in [-0.2, 0) is 32.7 Å². The first-order chi connectivity index (χ1) is 23.3. The van der Waals surface area contributed by atoms with E-state index in [2.05, 4.69) is 19.6 Å². The van der Waals surface area contributed by atoms with E-state index in [1.807, 2.05) is 0 Å². The zero-order chi connectivity index (χ0) is 35.4. The molecule has 0 aliphatic heterocycles. The van der Waals surface area contributed by atoms with Crippen LogP contribution in [0.1, 0.15) is 194 Å². The summed E-state index contributed by atoms with van der Waals surface area (Å²) in [6.45, 7) is 3.63. The van der Waals surface area contributed by atoms with E-state index >= 15 is 0 Å². The summed E-state index contributed by atoms with van der Waals surface area (Å²) in [5.41, 5.74) is 2.07. The molecule has 0 aliphatic carbocycles. The van der Waals surface area contributed by atoms with Crippen molar-refractivity contribution in [2.45, 2.75) is 200 Å². The van der Waals surface area contributed by atoms with Gasteiger partial charge in [0.2, 0.25) is 0 Å². The van der Waals surface area contributed by atoms with Crippen LogP contribution in [0.25, 0.3) is 0 Å². The largest absolute Gasteiger partial charge is 0.472 e. The Morgan fingerprint density at radius 1 is 0.596 bits per heavy atom. The monoisotopic (exact) mass is 693 g/mol. The van der Waals surface area contributed by atoms with Crippen LogP contribution in [-0.4, -0.2) is 49.3 Å². The van der Waals surface area contributed by atoms with E-state index in [4.69, 9.17) is 19.9 Å². The third kappa shape index (κ3) is 34.7. The number of hydrogen-bond donors (Lipinski definition) is 2. The van der Waals surface area contributed by atoms with E-state index in [1.54, 1.807) is 0 Å². The van der Waals surface area contributed by atoms with Gasteiger partial charge in [0.15, 0.2) is 6.10 Å². The minimum absolute atomic E-state index is 0.0439. The molecule has 2 atom stereocenters. The van der Waals surface area contributed by atoms with Gasteiger partial charge in [0.05, 0.1) is 13.2 Å². The Kier molecular flexibility index (Phi) is 32.7. The number of phosphoric acid groups is 1. The van der Waals surface area contributed by atoms with Gasteiger partial charge in [-0.15, -0.1) is 0 Å². The van der Waals surface area contributed by atoms with Gasteiger partial charge in [0.1, 0.15) is 8.02 Å². The molecule has 0 saturated carbocycles. The summed E-state index contributed by atoms with van der Waals surface area (Å²) in [4.78, 5) is 34.8. The molecule has 0 fully saturated rings. The molecule has 3 N–H and O–H groups in total. The van der Waals surface area contributed by atoms with Crippen molar-refractivity contribution >= 4 is 19.8 Å². The summed E-state index contributed by atoms with van der Waals surface area (Å²) < 4.78 is 39.7. The number of rotatable bonds is 38. The number of nitrogens with two attached hydrogens (primary N) is 1. The Labute approximate surface area is 290 Å². The van der Waals surface area contributed by atoms with Crippen molar-refractivity contribution in [3.05, 3.63) is 0 Å². The zero-order valence-electron chi connectivity index (χ0n) is 31.5. The average Bonchev–Trinajstić information content (AvgIpc) is 3.06. The lowest BCUT2D eigenvalue weighted by atomic mass is 10.0. The predicted octanol–water partition coefficient (Wildman–Crippen LogP) is 10.5. The van der Waals surface area contributed by atoms with E-state index in [-0.39, 0.29) is 38.6 Å². The molecule has 0 radical (unpaired) electrons. The van der Waals surface area contributed by atoms with Gasteiger partial charge < -0.3 is 20.1 Å². The fraction of sp³-hybridized carbons (Fsp3) is 0.946. The maximum Gasteiger partial charge on any atom is 0.472 e. The van der Waals surface area contributed by atoms with Crippen molar-refractivity contribution in [2.75, 3.05) is 26.4 Å². The molecule has 47 heavy (non-hydrogen) atoms. The van der Waals surface area contributed by atoms with Gasteiger partial charge in [0.25, 0.3) is 0 Å². The van der Waals surface area contributed by atoms with Gasteiger partial charge in [-0.3, -0.25) is 18.6 Å². The van der Waals surface area contributed by atoms with Crippen LogP contribution >= 0.6 is 7.82 Å². The molecular formula is C37H74NO8P. The molecule has 0 saturated heterocycles. The highest BCUT2D eigenvalue weighted by atomic mass is 31.2. The second kappa shape index (κ2) is 34.9. The standard InChI is InChI=1S/C37H74NO8P/c1-3-5-7-9-11-13-15-17-19-21-23-25-27-29-36(39)43-33-35(34-45-47(41,42)44-32-31-38)46-37(40)30-28-26-24-22-20-18-16-14-12-10-8-6-4-2/h35H,3-34,38H2,1-2H3,(H,41,42)/t35-/m1/s1/i/hD. The number of carbonyl (C=O) groups excluding carboxylic acids is 2. The lowest BCUT2D eigenvalue weighted by Crippen LogP contribution is -2.29. The molecule has 0 aliphatic rings. The molecule has 0 aromatic rings. The maximum atomic E-state index is 12.5. The van der Waals surface area contributed by atoms with Gasteiger partial charge in [0, 0.05) is 19.4 Å². The van der Waals surface area contributed by atoms with Crippen LogP contribution < -0.4 is 5.73 Å². The van der Waals surface area contributed by atoms with Crippen molar-refractivity contribution in [1.82, 2.24) is 0 Å². The molecule has 0 heterocycles. The van der Waals surface area contributed by atoms with Gasteiger partial charge in [-0.05, 0) is 12.8 Å². The molecule has 1 unspecified atom stereocenters. The van der Waals surface area contributed by atoms with Crippen LogP contribution in [0.15, 0.2) is 0 Å². The first kappa shape index (κ1) is 44.0. The van der Waals surface area contributed by atoms with Crippen LogP contribution in [0, 0.1) is 0 Å². The van der Waals surface area contributed by atoms with Crippen molar-refractivity contribution in [1.29, 1.82) is 0 Å². The fourth-order valence-electron chi connectivity index (χ4n) is 5.57. The predicted molar refractivity (Wildman–Crippen MR) is 192 cm³/mol. The summed E-state index contributed by atoms with van der Waals surface area (Å²) in [6.07, 6.45) is 31.1. The number of unbranched alkanes of at least 4 members (excludes halogenated alkanes) is 24. The Bertz CT molecular complexity index is 776. The molecule has 0 aromatic heterocycles. The minimum atomic E-state index is -4.42. The van der Waals surface area contributed by atoms with Crippen LogP contribution in [0.5, 0.6) is 0 Å².